The Morgan fingerprint density at radius 3 is 3.06 bits per heavy atom. The number of hydrogen-bond acceptors (Lipinski definition) is 3. The van der Waals surface area contributed by atoms with E-state index in [1.807, 2.05) is 0 Å². The average Bonchev–Trinajstić information content (AvgIpc) is 2.74. The molecule has 1 unspecified atom stereocenters. The molecule has 17 heavy (non-hydrogen) atoms. The summed E-state index contributed by atoms with van der Waals surface area (Å²) in [6.07, 6.45) is 2.23. The summed E-state index contributed by atoms with van der Waals surface area (Å²) in [6, 6.07) is 6.38. The summed E-state index contributed by atoms with van der Waals surface area (Å²) in [7, 11) is 0. The molecule has 0 radical (unpaired) electrons. The Morgan fingerprint density at radius 2 is 2.41 bits per heavy atom. The first-order chi connectivity index (χ1) is 8.09. The van der Waals surface area contributed by atoms with Crippen molar-refractivity contribution in [1.82, 2.24) is 10.6 Å². The molecule has 1 saturated heterocycles. The fraction of sp³-hybridized carbons (Fsp3) is 0.462. The number of amides is 1. The predicted octanol–water partition coefficient (Wildman–Crippen LogP) is 1.26. The zero-order chi connectivity index (χ0) is 12.3. The zero-order valence-electron chi connectivity index (χ0n) is 9.99. The lowest BCUT2D eigenvalue weighted by Gasteiger charge is -2.24. The highest BCUT2D eigenvalue weighted by atomic mass is 16.3. The molecular formula is C13H18N2O2. The van der Waals surface area contributed by atoms with Crippen molar-refractivity contribution in [2.24, 2.45) is 0 Å². The summed E-state index contributed by atoms with van der Waals surface area (Å²) < 4.78 is 0. The van der Waals surface area contributed by atoms with Gasteiger partial charge in [0.2, 0.25) is 0 Å². The second kappa shape index (κ2) is 4.75. The van der Waals surface area contributed by atoms with Crippen LogP contribution in [0, 0.1) is 0 Å². The molecule has 1 fully saturated rings. The van der Waals surface area contributed by atoms with E-state index in [0.29, 0.717) is 12.1 Å². The molecule has 0 saturated carbocycles. The number of hydrogen-bond donors (Lipinski definition) is 3. The number of carbonyl (C=O) groups excluding carboxylic acids is 1. The summed E-state index contributed by atoms with van der Waals surface area (Å²) >= 11 is 0. The fourth-order valence-corrected chi connectivity index (χ4v) is 2.13. The third-order valence-corrected chi connectivity index (χ3v) is 3.20. The van der Waals surface area contributed by atoms with Gasteiger partial charge >= 0.3 is 0 Å². The van der Waals surface area contributed by atoms with Crippen LogP contribution in [0.15, 0.2) is 24.3 Å². The van der Waals surface area contributed by atoms with E-state index in [0.717, 1.165) is 19.4 Å². The third-order valence-electron chi connectivity index (χ3n) is 3.20. The lowest BCUT2D eigenvalue weighted by molar-refractivity contribution is 0.0942. The average molecular weight is 234 g/mol. The molecule has 0 aromatic heterocycles. The topological polar surface area (TPSA) is 61.4 Å². The van der Waals surface area contributed by atoms with E-state index in [-0.39, 0.29) is 17.2 Å². The molecule has 0 spiro atoms. The molecule has 3 N–H and O–H groups in total. The normalized spacial score (nSPS) is 23.6. The molecule has 1 amide bonds. The Hall–Kier alpha value is -1.55. The Morgan fingerprint density at radius 1 is 1.59 bits per heavy atom. The zero-order valence-corrected chi connectivity index (χ0v) is 9.99. The van der Waals surface area contributed by atoms with Crippen LogP contribution in [0.4, 0.5) is 0 Å². The number of nitrogens with one attached hydrogen (secondary N) is 2. The van der Waals surface area contributed by atoms with Gasteiger partial charge in [0, 0.05) is 17.6 Å². The van der Waals surface area contributed by atoms with Gasteiger partial charge in [0.25, 0.3) is 5.91 Å². The molecule has 1 aromatic carbocycles. The summed E-state index contributed by atoms with van der Waals surface area (Å²) in [5.41, 5.74) is 0.499. The summed E-state index contributed by atoms with van der Waals surface area (Å²) in [4.78, 5) is 11.8. The van der Waals surface area contributed by atoms with E-state index in [1.54, 1.807) is 18.2 Å². The van der Waals surface area contributed by atoms with Gasteiger partial charge in [-0.2, -0.15) is 0 Å². The Balaban J connectivity index is 1.93. The minimum Gasteiger partial charge on any atom is -0.508 e. The molecule has 1 heterocycles. The van der Waals surface area contributed by atoms with Gasteiger partial charge in [-0.3, -0.25) is 4.79 Å². The Labute approximate surface area is 101 Å². The predicted molar refractivity (Wildman–Crippen MR) is 66.1 cm³/mol. The molecule has 4 heteroatoms. The van der Waals surface area contributed by atoms with E-state index in [4.69, 9.17) is 0 Å². The molecule has 0 bridgehead atoms. The number of rotatable bonds is 3. The molecule has 4 nitrogen and oxygen atoms in total. The monoisotopic (exact) mass is 234 g/mol. The summed E-state index contributed by atoms with van der Waals surface area (Å²) in [5, 5.41) is 15.6. The third kappa shape index (κ3) is 2.97. The van der Waals surface area contributed by atoms with Crippen LogP contribution in [0.2, 0.25) is 0 Å². The molecule has 1 atom stereocenters. The van der Waals surface area contributed by atoms with Crippen molar-refractivity contribution in [1.29, 1.82) is 0 Å². The van der Waals surface area contributed by atoms with Gasteiger partial charge < -0.3 is 15.7 Å². The Bertz CT molecular complexity index is 412. The maximum Gasteiger partial charge on any atom is 0.251 e. The van der Waals surface area contributed by atoms with Crippen LogP contribution < -0.4 is 10.6 Å². The number of carbonyl (C=O) groups is 1. The number of phenols is 1. The minimum atomic E-state index is -0.143. The number of phenolic OH excluding ortho intramolecular Hbond substituents is 1. The van der Waals surface area contributed by atoms with Crippen molar-refractivity contribution < 1.29 is 9.90 Å². The van der Waals surface area contributed by atoms with Crippen molar-refractivity contribution >= 4 is 5.91 Å². The van der Waals surface area contributed by atoms with E-state index >= 15 is 0 Å². The molecule has 1 aliphatic rings. The summed E-state index contributed by atoms with van der Waals surface area (Å²) in [5.74, 6) is -0.0290. The van der Waals surface area contributed by atoms with Crippen LogP contribution in [0.5, 0.6) is 5.75 Å². The fourth-order valence-electron chi connectivity index (χ4n) is 2.13. The first-order valence-corrected chi connectivity index (χ1v) is 5.91. The highest BCUT2D eigenvalue weighted by Crippen LogP contribution is 2.17. The van der Waals surface area contributed by atoms with Gasteiger partial charge in [-0.15, -0.1) is 0 Å². The van der Waals surface area contributed by atoms with Gasteiger partial charge in [-0.05, 0) is 44.5 Å². The molecule has 1 aliphatic heterocycles. The van der Waals surface area contributed by atoms with E-state index in [9.17, 15) is 9.90 Å². The van der Waals surface area contributed by atoms with Crippen molar-refractivity contribution in [3.8, 4) is 5.75 Å². The van der Waals surface area contributed by atoms with Crippen molar-refractivity contribution in [3.05, 3.63) is 29.8 Å². The maximum absolute atomic E-state index is 11.8. The van der Waals surface area contributed by atoms with Crippen LogP contribution in [0.25, 0.3) is 0 Å². The lowest BCUT2D eigenvalue weighted by atomic mass is 10.0. The van der Waals surface area contributed by atoms with Crippen molar-refractivity contribution in [2.75, 3.05) is 13.1 Å². The molecule has 92 valence electrons. The number of aromatic hydroxyl groups is 1. The summed E-state index contributed by atoms with van der Waals surface area (Å²) in [6.45, 7) is 3.74. The Kier molecular flexibility index (Phi) is 3.33. The highest BCUT2D eigenvalue weighted by molar-refractivity contribution is 5.94. The van der Waals surface area contributed by atoms with E-state index < -0.39 is 0 Å². The quantitative estimate of drug-likeness (QED) is 0.738. The van der Waals surface area contributed by atoms with E-state index in [2.05, 4.69) is 17.6 Å². The lowest BCUT2D eigenvalue weighted by Crippen LogP contribution is -2.47. The van der Waals surface area contributed by atoms with Crippen LogP contribution >= 0.6 is 0 Å². The van der Waals surface area contributed by atoms with Crippen LogP contribution in [-0.4, -0.2) is 29.6 Å². The van der Waals surface area contributed by atoms with Gasteiger partial charge in [-0.25, -0.2) is 0 Å². The molecule has 0 aliphatic carbocycles. The minimum absolute atomic E-state index is 0.00643. The molecule has 2 rings (SSSR count). The van der Waals surface area contributed by atoms with E-state index in [1.165, 1.54) is 6.07 Å². The van der Waals surface area contributed by atoms with Gasteiger partial charge in [0.05, 0.1) is 0 Å². The maximum atomic E-state index is 11.8. The van der Waals surface area contributed by atoms with Crippen molar-refractivity contribution in [2.45, 2.75) is 25.3 Å². The number of benzene rings is 1. The largest absolute Gasteiger partial charge is 0.508 e. The standard InChI is InChI=1S/C13H18N2O2/c1-13(6-3-7-15-13)9-14-12(17)10-4-2-5-11(16)8-10/h2,4-5,8,15-16H,3,6-7,9H2,1H3,(H,14,17). The van der Waals surface area contributed by atoms with Crippen LogP contribution in [-0.2, 0) is 0 Å². The molecular weight excluding hydrogens is 216 g/mol. The van der Waals surface area contributed by atoms with Gasteiger partial charge in [0.1, 0.15) is 5.75 Å². The smallest absolute Gasteiger partial charge is 0.251 e. The van der Waals surface area contributed by atoms with Gasteiger partial charge in [-0.1, -0.05) is 6.07 Å². The molecule has 1 aromatic rings. The second-order valence-corrected chi connectivity index (χ2v) is 4.82. The van der Waals surface area contributed by atoms with Gasteiger partial charge in [0.15, 0.2) is 0 Å². The first kappa shape index (κ1) is 11.9. The highest BCUT2D eigenvalue weighted by Gasteiger charge is 2.28. The second-order valence-electron chi connectivity index (χ2n) is 4.82. The first-order valence-electron chi connectivity index (χ1n) is 5.91. The van der Waals surface area contributed by atoms with Crippen LogP contribution in [0.3, 0.4) is 0 Å². The van der Waals surface area contributed by atoms with Crippen molar-refractivity contribution in [3.63, 3.8) is 0 Å². The van der Waals surface area contributed by atoms with Crippen LogP contribution in [0.1, 0.15) is 30.1 Å². The SMILES string of the molecule is CC1(CNC(=O)c2cccc(O)c2)CCCN1.